The monoisotopic (exact) mass is 211 g/mol. The van der Waals surface area contributed by atoms with E-state index in [2.05, 4.69) is 30.3 Å². The average molecular weight is 211 g/mol. The summed E-state index contributed by atoms with van der Waals surface area (Å²) in [5.74, 6) is 0. The summed E-state index contributed by atoms with van der Waals surface area (Å²) in [6, 6.07) is 6.17. The van der Waals surface area contributed by atoms with E-state index in [1.807, 2.05) is 38.3 Å². The lowest BCUT2D eigenvalue weighted by Gasteiger charge is -2.03. The lowest BCUT2D eigenvalue weighted by atomic mass is 10.0. The standard InChI is InChI=1S/C13H11N.C2H6/c1-3-10-7-12-5-6-14-9-13(12)8-11(10)4-2;1-2/h3-9H,1-2H2;1-2H3. The van der Waals surface area contributed by atoms with Crippen molar-refractivity contribution < 1.29 is 0 Å². The summed E-state index contributed by atoms with van der Waals surface area (Å²) >= 11 is 0. The molecular weight excluding hydrogens is 194 g/mol. The first kappa shape index (κ1) is 12.2. The highest BCUT2D eigenvalue weighted by Gasteiger charge is 1.98. The molecule has 0 saturated carbocycles. The van der Waals surface area contributed by atoms with Gasteiger partial charge < -0.3 is 0 Å². The Morgan fingerprint density at radius 2 is 1.56 bits per heavy atom. The summed E-state index contributed by atoms with van der Waals surface area (Å²) in [6.45, 7) is 11.6. The Kier molecular flexibility index (Phi) is 4.46. The first-order valence-corrected chi connectivity index (χ1v) is 5.48. The van der Waals surface area contributed by atoms with Crippen molar-refractivity contribution in [1.82, 2.24) is 4.98 Å². The molecule has 82 valence electrons. The number of hydrogen-bond donors (Lipinski definition) is 0. The number of fused-ring (bicyclic) bond motifs is 1. The van der Waals surface area contributed by atoms with Crippen LogP contribution in [0.1, 0.15) is 25.0 Å². The Morgan fingerprint density at radius 1 is 1.00 bits per heavy atom. The van der Waals surface area contributed by atoms with E-state index in [4.69, 9.17) is 0 Å². The van der Waals surface area contributed by atoms with Crippen molar-refractivity contribution in [2.45, 2.75) is 13.8 Å². The van der Waals surface area contributed by atoms with Crippen molar-refractivity contribution in [1.29, 1.82) is 0 Å². The van der Waals surface area contributed by atoms with E-state index in [9.17, 15) is 0 Å². The van der Waals surface area contributed by atoms with Gasteiger partial charge in [0.15, 0.2) is 0 Å². The quantitative estimate of drug-likeness (QED) is 0.710. The van der Waals surface area contributed by atoms with E-state index in [0.29, 0.717) is 0 Å². The molecule has 0 radical (unpaired) electrons. The van der Waals surface area contributed by atoms with Crippen LogP contribution in [0.2, 0.25) is 0 Å². The lowest BCUT2D eigenvalue weighted by Crippen LogP contribution is -1.82. The molecule has 0 N–H and O–H groups in total. The van der Waals surface area contributed by atoms with Crippen molar-refractivity contribution in [3.63, 3.8) is 0 Å². The predicted molar refractivity (Wildman–Crippen MR) is 73.3 cm³/mol. The zero-order valence-corrected chi connectivity index (χ0v) is 9.90. The second-order valence-electron chi connectivity index (χ2n) is 3.11. The number of benzene rings is 1. The number of hydrogen-bond acceptors (Lipinski definition) is 1. The van der Waals surface area contributed by atoms with Gasteiger partial charge in [-0.1, -0.05) is 39.2 Å². The van der Waals surface area contributed by atoms with Gasteiger partial charge in [0.25, 0.3) is 0 Å². The summed E-state index contributed by atoms with van der Waals surface area (Å²) in [5.41, 5.74) is 2.21. The smallest absolute Gasteiger partial charge is 0.0346 e. The third-order valence-corrected chi connectivity index (χ3v) is 2.28. The van der Waals surface area contributed by atoms with E-state index in [0.717, 1.165) is 16.5 Å². The van der Waals surface area contributed by atoms with Crippen molar-refractivity contribution >= 4 is 22.9 Å². The summed E-state index contributed by atoms with van der Waals surface area (Å²) < 4.78 is 0. The molecule has 0 atom stereocenters. The maximum absolute atomic E-state index is 4.08. The second kappa shape index (κ2) is 5.86. The Labute approximate surface area is 97.1 Å². The molecule has 0 amide bonds. The predicted octanol–water partition coefficient (Wildman–Crippen LogP) is 4.55. The number of rotatable bonds is 2. The second-order valence-corrected chi connectivity index (χ2v) is 3.11. The first-order valence-electron chi connectivity index (χ1n) is 5.48. The number of aromatic nitrogens is 1. The molecule has 0 aliphatic heterocycles. The minimum Gasteiger partial charge on any atom is -0.264 e. The SMILES string of the molecule is C=Cc1cc2ccncc2cc1C=C.CC. The molecule has 0 aliphatic rings. The van der Waals surface area contributed by atoms with Crippen LogP contribution in [0, 0.1) is 0 Å². The van der Waals surface area contributed by atoms with E-state index in [1.165, 1.54) is 5.39 Å². The van der Waals surface area contributed by atoms with Gasteiger partial charge in [0.05, 0.1) is 0 Å². The Balaban J connectivity index is 0.000000606. The number of nitrogens with zero attached hydrogens (tertiary/aromatic N) is 1. The normalized spacial score (nSPS) is 9.12. The van der Waals surface area contributed by atoms with Gasteiger partial charge in [-0.05, 0) is 34.7 Å². The van der Waals surface area contributed by atoms with Gasteiger partial charge in [0.2, 0.25) is 0 Å². The fourth-order valence-corrected chi connectivity index (χ4v) is 1.52. The summed E-state index contributed by atoms with van der Waals surface area (Å²) in [7, 11) is 0. The van der Waals surface area contributed by atoms with Crippen LogP contribution in [0.5, 0.6) is 0 Å². The van der Waals surface area contributed by atoms with Crippen LogP contribution in [-0.2, 0) is 0 Å². The first-order chi connectivity index (χ1) is 7.85. The molecule has 0 bridgehead atoms. The fraction of sp³-hybridized carbons (Fsp3) is 0.133. The number of pyridine rings is 1. The maximum Gasteiger partial charge on any atom is 0.0346 e. The molecule has 0 saturated heterocycles. The molecule has 16 heavy (non-hydrogen) atoms. The van der Waals surface area contributed by atoms with Gasteiger partial charge in [-0.15, -0.1) is 0 Å². The average Bonchev–Trinajstić information content (AvgIpc) is 2.39. The zero-order chi connectivity index (χ0) is 12.0. The van der Waals surface area contributed by atoms with Crippen LogP contribution in [0.3, 0.4) is 0 Å². The van der Waals surface area contributed by atoms with Gasteiger partial charge in [0.1, 0.15) is 0 Å². The third kappa shape index (κ3) is 2.37. The molecular formula is C15H17N. The molecule has 2 aromatic rings. The van der Waals surface area contributed by atoms with Crippen LogP contribution in [0.15, 0.2) is 43.8 Å². The highest BCUT2D eigenvalue weighted by atomic mass is 14.6. The van der Waals surface area contributed by atoms with Crippen LogP contribution in [0.25, 0.3) is 22.9 Å². The molecule has 1 aromatic heterocycles. The van der Waals surface area contributed by atoms with E-state index < -0.39 is 0 Å². The van der Waals surface area contributed by atoms with Crippen molar-refractivity contribution in [2.75, 3.05) is 0 Å². The van der Waals surface area contributed by atoms with Gasteiger partial charge in [-0.2, -0.15) is 0 Å². The molecule has 1 aromatic carbocycles. The van der Waals surface area contributed by atoms with Crippen LogP contribution < -0.4 is 0 Å². The van der Waals surface area contributed by atoms with Gasteiger partial charge in [-0.25, -0.2) is 0 Å². The zero-order valence-electron chi connectivity index (χ0n) is 9.90. The van der Waals surface area contributed by atoms with Crippen molar-refractivity contribution in [2.24, 2.45) is 0 Å². The molecule has 2 rings (SSSR count). The Morgan fingerprint density at radius 3 is 2.12 bits per heavy atom. The molecule has 0 unspecified atom stereocenters. The summed E-state index contributed by atoms with van der Waals surface area (Å²) in [5, 5.41) is 2.31. The summed E-state index contributed by atoms with van der Waals surface area (Å²) in [4.78, 5) is 4.08. The topological polar surface area (TPSA) is 12.9 Å². The minimum absolute atomic E-state index is 1.10. The van der Waals surface area contributed by atoms with Crippen LogP contribution >= 0.6 is 0 Å². The van der Waals surface area contributed by atoms with Gasteiger partial charge in [0, 0.05) is 17.8 Å². The third-order valence-electron chi connectivity index (χ3n) is 2.28. The molecule has 1 heterocycles. The molecule has 1 nitrogen and oxygen atoms in total. The van der Waals surface area contributed by atoms with Gasteiger partial charge in [-0.3, -0.25) is 4.98 Å². The molecule has 1 heteroatoms. The van der Waals surface area contributed by atoms with E-state index in [-0.39, 0.29) is 0 Å². The largest absolute Gasteiger partial charge is 0.264 e. The maximum atomic E-state index is 4.08. The molecule has 0 fully saturated rings. The minimum atomic E-state index is 1.10. The highest BCUT2D eigenvalue weighted by molar-refractivity contribution is 5.87. The molecule has 0 spiro atoms. The Bertz CT molecular complexity index is 451. The van der Waals surface area contributed by atoms with E-state index >= 15 is 0 Å². The van der Waals surface area contributed by atoms with Crippen LogP contribution in [-0.4, -0.2) is 4.98 Å². The van der Waals surface area contributed by atoms with Crippen LogP contribution in [0.4, 0.5) is 0 Å². The van der Waals surface area contributed by atoms with Crippen molar-refractivity contribution in [3.8, 4) is 0 Å². The lowest BCUT2D eigenvalue weighted by molar-refractivity contribution is 1.36. The summed E-state index contributed by atoms with van der Waals surface area (Å²) in [6.07, 6.45) is 7.33. The van der Waals surface area contributed by atoms with E-state index in [1.54, 1.807) is 6.20 Å². The van der Waals surface area contributed by atoms with Crippen molar-refractivity contribution in [3.05, 3.63) is 54.9 Å². The highest BCUT2D eigenvalue weighted by Crippen LogP contribution is 2.20. The van der Waals surface area contributed by atoms with Gasteiger partial charge >= 0.3 is 0 Å². The Hall–Kier alpha value is -1.89. The molecule has 0 aliphatic carbocycles. The fourth-order valence-electron chi connectivity index (χ4n) is 1.52.